The zero-order valence-electron chi connectivity index (χ0n) is 10.7. The maximum atomic E-state index is 6.09. The van der Waals surface area contributed by atoms with Crippen LogP contribution in [0.5, 0.6) is 0 Å². The highest BCUT2D eigenvalue weighted by atomic mass is 35.5. The highest BCUT2D eigenvalue weighted by Gasteiger charge is 2.05. The quantitative estimate of drug-likeness (QED) is 0.797. The van der Waals surface area contributed by atoms with E-state index in [0.717, 1.165) is 11.3 Å². The third-order valence-corrected chi connectivity index (χ3v) is 3.25. The lowest BCUT2D eigenvalue weighted by atomic mass is 10.2. The van der Waals surface area contributed by atoms with Gasteiger partial charge >= 0.3 is 0 Å². The number of para-hydroxylation sites is 1. The molecule has 1 aromatic carbocycles. The standard InChI is InChI=1S/C15H13ClN4/c16-13-6-3-8-17-15(13)18-11-12-5-1-2-7-14(12)20-10-4-9-19-20/h1-10H,11H2,(H,17,18). The third-order valence-electron chi connectivity index (χ3n) is 2.95. The van der Waals surface area contributed by atoms with Crippen LogP contribution in [-0.2, 0) is 6.54 Å². The largest absolute Gasteiger partial charge is 0.365 e. The van der Waals surface area contributed by atoms with Crippen molar-refractivity contribution in [2.24, 2.45) is 0 Å². The first kappa shape index (κ1) is 12.7. The van der Waals surface area contributed by atoms with Crippen LogP contribution in [0, 0.1) is 0 Å². The zero-order chi connectivity index (χ0) is 13.8. The number of hydrogen-bond acceptors (Lipinski definition) is 3. The molecule has 0 saturated carbocycles. The van der Waals surface area contributed by atoms with Crippen molar-refractivity contribution in [3.8, 4) is 5.69 Å². The molecule has 0 spiro atoms. The number of benzene rings is 1. The minimum absolute atomic E-state index is 0.615. The van der Waals surface area contributed by atoms with Gasteiger partial charge in [-0.3, -0.25) is 0 Å². The Morgan fingerprint density at radius 3 is 2.75 bits per heavy atom. The van der Waals surface area contributed by atoms with Crippen LogP contribution >= 0.6 is 11.6 Å². The molecule has 0 bridgehead atoms. The van der Waals surface area contributed by atoms with Crippen LogP contribution in [0.25, 0.3) is 5.69 Å². The number of rotatable bonds is 4. The molecule has 0 aliphatic heterocycles. The Labute approximate surface area is 122 Å². The van der Waals surface area contributed by atoms with Crippen molar-refractivity contribution < 1.29 is 0 Å². The van der Waals surface area contributed by atoms with E-state index in [4.69, 9.17) is 11.6 Å². The summed E-state index contributed by atoms with van der Waals surface area (Å²) in [5, 5.41) is 8.13. The predicted octanol–water partition coefficient (Wildman–Crippen LogP) is 3.53. The molecule has 0 aliphatic carbocycles. The molecule has 0 radical (unpaired) electrons. The van der Waals surface area contributed by atoms with Crippen molar-refractivity contribution >= 4 is 17.4 Å². The molecule has 20 heavy (non-hydrogen) atoms. The van der Waals surface area contributed by atoms with Gasteiger partial charge in [-0.1, -0.05) is 29.8 Å². The first-order chi connectivity index (χ1) is 9.84. The first-order valence-corrected chi connectivity index (χ1v) is 6.65. The van der Waals surface area contributed by atoms with Crippen molar-refractivity contribution in [3.63, 3.8) is 0 Å². The molecular formula is C15H13ClN4. The molecule has 0 unspecified atom stereocenters. The average Bonchev–Trinajstić information content (AvgIpc) is 3.01. The summed E-state index contributed by atoms with van der Waals surface area (Å²) in [5.41, 5.74) is 2.16. The van der Waals surface area contributed by atoms with E-state index < -0.39 is 0 Å². The van der Waals surface area contributed by atoms with Crippen molar-refractivity contribution in [2.45, 2.75) is 6.54 Å². The average molecular weight is 285 g/mol. The smallest absolute Gasteiger partial charge is 0.145 e. The second-order valence-electron chi connectivity index (χ2n) is 4.27. The fourth-order valence-electron chi connectivity index (χ4n) is 1.99. The molecule has 4 nitrogen and oxygen atoms in total. The van der Waals surface area contributed by atoms with Crippen molar-refractivity contribution in [2.75, 3.05) is 5.32 Å². The van der Waals surface area contributed by atoms with Gasteiger partial charge in [-0.25, -0.2) is 9.67 Å². The summed E-state index contributed by atoms with van der Waals surface area (Å²) in [4.78, 5) is 4.22. The van der Waals surface area contributed by atoms with Gasteiger partial charge in [0.1, 0.15) is 5.82 Å². The molecule has 0 aliphatic rings. The monoisotopic (exact) mass is 284 g/mol. The Morgan fingerprint density at radius 1 is 1.05 bits per heavy atom. The topological polar surface area (TPSA) is 42.7 Å². The molecule has 0 atom stereocenters. The zero-order valence-corrected chi connectivity index (χ0v) is 11.5. The summed E-state index contributed by atoms with van der Waals surface area (Å²) < 4.78 is 1.84. The number of hydrogen-bond donors (Lipinski definition) is 1. The maximum Gasteiger partial charge on any atom is 0.145 e. The van der Waals surface area contributed by atoms with Gasteiger partial charge in [-0.05, 0) is 29.8 Å². The summed E-state index contributed by atoms with van der Waals surface area (Å²) in [7, 11) is 0. The van der Waals surface area contributed by atoms with Crippen LogP contribution in [-0.4, -0.2) is 14.8 Å². The van der Waals surface area contributed by atoms with Crippen LogP contribution < -0.4 is 5.32 Å². The van der Waals surface area contributed by atoms with E-state index in [1.165, 1.54) is 0 Å². The number of anilines is 1. The summed E-state index contributed by atoms with van der Waals surface area (Å²) in [6.07, 6.45) is 5.40. The normalized spacial score (nSPS) is 10.4. The first-order valence-electron chi connectivity index (χ1n) is 6.27. The highest BCUT2D eigenvalue weighted by Crippen LogP contribution is 2.20. The van der Waals surface area contributed by atoms with E-state index >= 15 is 0 Å². The Kier molecular flexibility index (Phi) is 3.65. The number of aromatic nitrogens is 3. The molecule has 100 valence electrons. The van der Waals surface area contributed by atoms with E-state index in [-0.39, 0.29) is 0 Å². The Morgan fingerprint density at radius 2 is 1.95 bits per heavy atom. The van der Waals surface area contributed by atoms with E-state index in [1.54, 1.807) is 12.4 Å². The molecular weight excluding hydrogens is 272 g/mol. The van der Waals surface area contributed by atoms with E-state index in [0.29, 0.717) is 17.4 Å². The summed E-state index contributed by atoms with van der Waals surface area (Å²) in [6.45, 7) is 0.632. The van der Waals surface area contributed by atoms with Gasteiger partial charge in [0.25, 0.3) is 0 Å². The minimum Gasteiger partial charge on any atom is -0.365 e. The molecule has 0 saturated heterocycles. The number of halogens is 1. The molecule has 0 amide bonds. The van der Waals surface area contributed by atoms with Crippen molar-refractivity contribution in [1.82, 2.24) is 14.8 Å². The Bertz CT molecular complexity index is 695. The van der Waals surface area contributed by atoms with Crippen LogP contribution in [0.15, 0.2) is 61.1 Å². The maximum absolute atomic E-state index is 6.09. The lowest BCUT2D eigenvalue weighted by Gasteiger charge is -2.11. The lowest BCUT2D eigenvalue weighted by molar-refractivity contribution is 0.863. The predicted molar refractivity (Wildman–Crippen MR) is 80.1 cm³/mol. The fourth-order valence-corrected chi connectivity index (χ4v) is 2.18. The van der Waals surface area contributed by atoms with E-state index in [2.05, 4.69) is 21.5 Å². The number of pyridine rings is 1. The summed E-state index contributed by atoms with van der Waals surface area (Å²) in [5.74, 6) is 0.685. The lowest BCUT2D eigenvalue weighted by Crippen LogP contribution is -2.06. The van der Waals surface area contributed by atoms with Gasteiger partial charge in [0.2, 0.25) is 0 Å². The van der Waals surface area contributed by atoms with Gasteiger partial charge < -0.3 is 5.32 Å². The molecule has 1 N–H and O–H groups in total. The number of nitrogens with one attached hydrogen (secondary N) is 1. The van der Waals surface area contributed by atoms with Gasteiger partial charge in [-0.15, -0.1) is 0 Å². The van der Waals surface area contributed by atoms with Crippen molar-refractivity contribution in [1.29, 1.82) is 0 Å². The van der Waals surface area contributed by atoms with Crippen molar-refractivity contribution in [3.05, 3.63) is 71.6 Å². The van der Waals surface area contributed by atoms with Gasteiger partial charge in [0, 0.05) is 25.1 Å². The summed E-state index contributed by atoms with van der Waals surface area (Å²) >= 11 is 6.09. The number of nitrogens with zero attached hydrogens (tertiary/aromatic N) is 3. The fraction of sp³-hybridized carbons (Fsp3) is 0.0667. The molecule has 3 rings (SSSR count). The van der Waals surface area contributed by atoms with E-state index in [9.17, 15) is 0 Å². The second kappa shape index (κ2) is 5.75. The Balaban J connectivity index is 1.84. The highest BCUT2D eigenvalue weighted by molar-refractivity contribution is 6.32. The van der Waals surface area contributed by atoms with E-state index in [1.807, 2.05) is 47.3 Å². The van der Waals surface area contributed by atoms with Crippen LogP contribution in [0.4, 0.5) is 5.82 Å². The molecule has 5 heteroatoms. The van der Waals surface area contributed by atoms with Crippen LogP contribution in [0.1, 0.15) is 5.56 Å². The molecule has 3 aromatic rings. The molecule has 2 aromatic heterocycles. The van der Waals surface area contributed by atoms with Crippen LogP contribution in [0.2, 0.25) is 5.02 Å². The minimum atomic E-state index is 0.615. The molecule has 2 heterocycles. The molecule has 0 fully saturated rings. The van der Waals surface area contributed by atoms with Gasteiger partial charge in [0.05, 0.1) is 10.7 Å². The SMILES string of the molecule is Clc1cccnc1NCc1ccccc1-n1cccn1. The Hall–Kier alpha value is -2.33. The summed E-state index contributed by atoms with van der Waals surface area (Å²) in [6, 6.07) is 13.6. The second-order valence-corrected chi connectivity index (χ2v) is 4.67. The third kappa shape index (κ3) is 2.65. The van der Waals surface area contributed by atoms with Gasteiger partial charge in [-0.2, -0.15) is 5.10 Å². The van der Waals surface area contributed by atoms with Crippen LogP contribution in [0.3, 0.4) is 0 Å². The van der Waals surface area contributed by atoms with Gasteiger partial charge in [0.15, 0.2) is 0 Å².